The minimum absolute atomic E-state index is 0.145. The molecule has 0 fully saturated rings. The van der Waals surface area contributed by atoms with E-state index in [1.54, 1.807) is 44.2 Å². The molecule has 0 saturated carbocycles. The Morgan fingerprint density at radius 2 is 2.06 bits per heavy atom. The molecule has 3 aromatic rings. The lowest BCUT2D eigenvalue weighted by molar-refractivity contribution is -0.145. The van der Waals surface area contributed by atoms with E-state index in [1.165, 1.54) is 17.2 Å². The molecule has 1 aromatic carbocycles. The largest absolute Gasteiger partial charge is 0.465 e. The predicted octanol–water partition coefficient (Wildman–Crippen LogP) is 3.29. The Labute approximate surface area is 206 Å². The normalized spacial score (nSPS) is 20.0. The maximum absolute atomic E-state index is 14.8. The second kappa shape index (κ2) is 11.1. The number of fused-ring (bicyclic) bond motifs is 1. The van der Waals surface area contributed by atoms with E-state index >= 15 is 0 Å². The standard InChI is InChI=1S/C22H26FN6O6P/c1-3-16(22(30)32-4-2)28-36(31,35-14-8-6-5-7-9-14)13-33-17-10-15(23)21(34-17)29-12-27-18-19(24)25-11-26-20(18)29/h5-12,16-17,21H,3-4,13H2,1-2H3,(H,28,31)(H2,24,25,26)/t16-,17-,21+,36-/m0/s1. The topological polar surface area (TPSA) is 153 Å². The molecule has 2 aromatic heterocycles. The Morgan fingerprint density at radius 1 is 1.28 bits per heavy atom. The molecule has 12 nitrogen and oxygen atoms in total. The quantitative estimate of drug-likeness (QED) is 0.283. The van der Waals surface area contributed by atoms with Crippen molar-refractivity contribution < 1.29 is 32.5 Å². The third-order valence-electron chi connectivity index (χ3n) is 5.17. The van der Waals surface area contributed by atoms with Crippen molar-refractivity contribution in [2.24, 2.45) is 0 Å². The van der Waals surface area contributed by atoms with Crippen LogP contribution in [0.15, 0.2) is 54.9 Å². The number of para-hydroxylation sites is 1. The van der Waals surface area contributed by atoms with Crippen molar-refractivity contribution in [1.29, 1.82) is 0 Å². The summed E-state index contributed by atoms with van der Waals surface area (Å²) < 4.78 is 51.9. The van der Waals surface area contributed by atoms with Crippen molar-refractivity contribution >= 4 is 30.5 Å². The van der Waals surface area contributed by atoms with Crippen molar-refractivity contribution in [2.45, 2.75) is 38.8 Å². The van der Waals surface area contributed by atoms with E-state index in [0.717, 1.165) is 6.08 Å². The van der Waals surface area contributed by atoms with Gasteiger partial charge in [-0.15, -0.1) is 0 Å². The van der Waals surface area contributed by atoms with Gasteiger partial charge in [0, 0.05) is 6.08 Å². The highest BCUT2D eigenvalue weighted by Crippen LogP contribution is 2.45. The summed E-state index contributed by atoms with van der Waals surface area (Å²) in [6.45, 7) is 3.57. The van der Waals surface area contributed by atoms with Gasteiger partial charge in [0.05, 0.1) is 12.9 Å². The molecule has 4 rings (SSSR count). The monoisotopic (exact) mass is 520 g/mol. The molecule has 3 N–H and O–H groups in total. The minimum atomic E-state index is -3.85. The Morgan fingerprint density at radius 3 is 2.78 bits per heavy atom. The molecule has 3 heterocycles. The van der Waals surface area contributed by atoms with Gasteiger partial charge in [-0.2, -0.15) is 0 Å². The van der Waals surface area contributed by atoms with Crippen LogP contribution < -0.4 is 15.3 Å². The maximum Gasteiger partial charge on any atom is 0.342 e. The average molecular weight is 520 g/mol. The summed E-state index contributed by atoms with van der Waals surface area (Å²) >= 11 is 0. The van der Waals surface area contributed by atoms with Crippen LogP contribution in [0.4, 0.5) is 10.2 Å². The molecule has 0 radical (unpaired) electrons. The molecule has 36 heavy (non-hydrogen) atoms. The van der Waals surface area contributed by atoms with Crippen LogP contribution in [0.25, 0.3) is 11.2 Å². The van der Waals surface area contributed by atoms with Gasteiger partial charge in [0.15, 0.2) is 36.2 Å². The number of anilines is 1. The zero-order valence-corrected chi connectivity index (χ0v) is 20.5. The molecule has 0 aliphatic carbocycles. The van der Waals surface area contributed by atoms with Crippen LogP contribution in [0.2, 0.25) is 0 Å². The summed E-state index contributed by atoms with van der Waals surface area (Å²) in [7, 11) is -3.85. The number of esters is 1. The maximum atomic E-state index is 14.8. The summed E-state index contributed by atoms with van der Waals surface area (Å²) in [4.78, 5) is 24.4. The first-order valence-electron chi connectivity index (χ1n) is 11.2. The lowest BCUT2D eigenvalue weighted by Crippen LogP contribution is -2.37. The zero-order chi connectivity index (χ0) is 25.7. The number of ether oxygens (including phenoxy) is 3. The lowest BCUT2D eigenvalue weighted by Gasteiger charge is -2.25. The van der Waals surface area contributed by atoms with Crippen molar-refractivity contribution in [3.63, 3.8) is 0 Å². The summed E-state index contributed by atoms with van der Waals surface area (Å²) in [5.74, 6) is -0.801. The van der Waals surface area contributed by atoms with Crippen LogP contribution in [0.3, 0.4) is 0 Å². The number of nitrogen functional groups attached to an aromatic ring is 1. The molecular formula is C22H26FN6O6P. The number of halogens is 1. The summed E-state index contributed by atoms with van der Waals surface area (Å²) in [5.41, 5.74) is 6.37. The highest BCUT2D eigenvalue weighted by Gasteiger charge is 2.36. The molecule has 14 heteroatoms. The molecule has 4 atom stereocenters. The van der Waals surface area contributed by atoms with E-state index in [1.807, 2.05) is 0 Å². The fourth-order valence-electron chi connectivity index (χ4n) is 3.48. The van der Waals surface area contributed by atoms with Gasteiger partial charge in [0.2, 0.25) is 0 Å². The van der Waals surface area contributed by atoms with E-state index < -0.39 is 44.2 Å². The summed E-state index contributed by atoms with van der Waals surface area (Å²) in [6, 6.07) is 7.50. The van der Waals surface area contributed by atoms with Gasteiger partial charge in [-0.25, -0.2) is 24.4 Å². The summed E-state index contributed by atoms with van der Waals surface area (Å²) in [5, 5.41) is 2.74. The number of nitrogens with one attached hydrogen (secondary N) is 1. The van der Waals surface area contributed by atoms with E-state index in [-0.39, 0.29) is 24.5 Å². The smallest absolute Gasteiger partial charge is 0.342 e. The number of aromatic nitrogens is 4. The molecular weight excluding hydrogens is 494 g/mol. The number of nitrogens with two attached hydrogens (primary N) is 1. The van der Waals surface area contributed by atoms with Crippen LogP contribution in [-0.2, 0) is 23.6 Å². The van der Waals surface area contributed by atoms with Gasteiger partial charge in [-0.1, -0.05) is 25.1 Å². The number of rotatable bonds is 11. The van der Waals surface area contributed by atoms with Crippen LogP contribution >= 0.6 is 7.52 Å². The second-order valence-corrected chi connectivity index (χ2v) is 9.75. The summed E-state index contributed by atoms with van der Waals surface area (Å²) in [6.07, 6.45) is 0.984. The first-order valence-corrected chi connectivity index (χ1v) is 13.0. The fourth-order valence-corrected chi connectivity index (χ4v) is 5.22. The third-order valence-corrected chi connectivity index (χ3v) is 6.87. The molecule has 1 aliphatic heterocycles. The van der Waals surface area contributed by atoms with Crippen molar-refractivity contribution in [2.75, 3.05) is 18.7 Å². The van der Waals surface area contributed by atoms with Crippen LogP contribution in [0, 0.1) is 0 Å². The van der Waals surface area contributed by atoms with E-state index in [0.29, 0.717) is 11.3 Å². The Bertz CT molecular complexity index is 1290. The number of hydrogen-bond donors (Lipinski definition) is 2. The molecule has 0 unspecified atom stereocenters. The fraction of sp³-hybridized carbons (Fsp3) is 0.364. The molecule has 0 amide bonds. The van der Waals surface area contributed by atoms with Crippen molar-refractivity contribution in [1.82, 2.24) is 24.6 Å². The Balaban J connectivity index is 1.49. The van der Waals surface area contributed by atoms with Crippen LogP contribution in [0.5, 0.6) is 5.75 Å². The van der Waals surface area contributed by atoms with Gasteiger partial charge in [0.1, 0.15) is 23.6 Å². The molecule has 0 spiro atoms. The van der Waals surface area contributed by atoms with Crippen LogP contribution in [-0.4, -0.2) is 50.8 Å². The number of imidazole rings is 1. The van der Waals surface area contributed by atoms with Crippen molar-refractivity contribution in [3.05, 3.63) is 54.9 Å². The Kier molecular flexibility index (Phi) is 7.94. The van der Waals surface area contributed by atoms with Crippen LogP contribution in [0.1, 0.15) is 26.5 Å². The highest BCUT2D eigenvalue weighted by molar-refractivity contribution is 7.57. The first-order chi connectivity index (χ1) is 17.3. The average Bonchev–Trinajstić information content (AvgIpc) is 3.46. The third kappa shape index (κ3) is 5.71. The van der Waals surface area contributed by atoms with E-state index in [9.17, 15) is 13.8 Å². The zero-order valence-electron chi connectivity index (χ0n) is 19.6. The van der Waals surface area contributed by atoms with Gasteiger partial charge >= 0.3 is 13.5 Å². The lowest BCUT2D eigenvalue weighted by atomic mass is 10.2. The van der Waals surface area contributed by atoms with Crippen molar-refractivity contribution in [3.8, 4) is 5.75 Å². The van der Waals surface area contributed by atoms with E-state index in [4.69, 9.17) is 24.5 Å². The number of hydrogen-bond acceptors (Lipinski definition) is 10. The predicted molar refractivity (Wildman–Crippen MR) is 127 cm³/mol. The number of nitrogens with zero attached hydrogens (tertiary/aromatic N) is 4. The van der Waals surface area contributed by atoms with Gasteiger partial charge < -0.3 is 24.5 Å². The molecule has 192 valence electrons. The highest BCUT2D eigenvalue weighted by atomic mass is 31.2. The molecule has 1 aliphatic rings. The van der Waals surface area contributed by atoms with Gasteiger partial charge in [-0.05, 0) is 25.5 Å². The number of carbonyl (C=O) groups excluding carboxylic acids is 1. The second-order valence-electron chi connectivity index (χ2n) is 7.71. The SMILES string of the molecule is CCOC(=O)[C@H](CC)N[P@](=O)(CO[C@@H]1C=C(F)[C@H](n2cnc3c(N)ncnc32)O1)Oc1ccccc1. The first kappa shape index (κ1) is 25.7. The molecule has 0 bridgehead atoms. The van der Waals surface area contributed by atoms with Gasteiger partial charge in [0.25, 0.3) is 0 Å². The Hall–Kier alpha value is -3.38. The number of carbonyl (C=O) groups is 1. The molecule has 0 saturated heterocycles. The number of benzene rings is 1. The minimum Gasteiger partial charge on any atom is -0.465 e. The van der Waals surface area contributed by atoms with Gasteiger partial charge in [-0.3, -0.25) is 13.9 Å². The van der Waals surface area contributed by atoms with E-state index in [2.05, 4.69) is 20.0 Å².